The average molecular weight is 401 g/mol. The van der Waals surface area contributed by atoms with Crippen LogP contribution in [0.4, 0.5) is 13.2 Å². The third kappa shape index (κ3) is 3.62. The monoisotopic (exact) mass is 401 g/mol. The van der Waals surface area contributed by atoms with Crippen molar-refractivity contribution in [1.82, 2.24) is 15.5 Å². The molecule has 150 valence electrons. The van der Waals surface area contributed by atoms with Crippen LogP contribution in [0.15, 0.2) is 52.9 Å². The number of aromatic nitrogens is 2. The molecule has 2 heterocycles. The molecular formula is C21H18F3N3O2. The van der Waals surface area contributed by atoms with E-state index in [4.69, 9.17) is 4.42 Å². The van der Waals surface area contributed by atoms with Gasteiger partial charge in [-0.05, 0) is 49.1 Å². The maximum atomic E-state index is 12.8. The van der Waals surface area contributed by atoms with Crippen molar-refractivity contribution in [3.8, 4) is 11.5 Å². The van der Waals surface area contributed by atoms with Gasteiger partial charge in [0.1, 0.15) is 5.41 Å². The predicted molar refractivity (Wildman–Crippen MR) is 99.0 cm³/mol. The van der Waals surface area contributed by atoms with Gasteiger partial charge < -0.3 is 9.73 Å². The highest BCUT2D eigenvalue weighted by Gasteiger charge is 2.44. The lowest BCUT2D eigenvalue weighted by molar-refractivity contribution is -0.137. The first-order valence-electron chi connectivity index (χ1n) is 9.14. The third-order valence-corrected chi connectivity index (χ3v) is 5.23. The van der Waals surface area contributed by atoms with Crippen LogP contribution in [0.5, 0.6) is 0 Å². The highest BCUT2D eigenvalue weighted by molar-refractivity contribution is 5.88. The van der Waals surface area contributed by atoms with E-state index < -0.39 is 17.2 Å². The summed E-state index contributed by atoms with van der Waals surface area (Å²) in [6, 6.07) is 12.4. The van der Waals surface area contributed by atoms with Crippen LogP contribution in [0.25, 0.3) is 11.5 Å². The number of carbonyl (C=O) groups excluding carboxylic acids is 1. The Bertz CT molecular complexity index is 1040. The van der Waals surface area contributed by atoms with E-state index in [-0.39, 0.29) is 17.7 Å². The van der Waals surface area contributed by atoms with E-state index in [2.05, 4.69) is 15.5 Å². The van der Waals surface area contributed by atoms with Crippen LogP contribution < -0.4 is 5.32 Å². The molecule has 2 aromatic carbocycles. The number of carbonyl (C=O) groups is 1. The Morgan fingerprint density at radius 3 is 2.48 bits per heavy atom. The standard InChI is InChI=1S/C21H18F3N3O2/c1-20(10-11-25-18(20)28)19-27-26-17(29-19)16-5-3-2-4-14(16)12-13-6-8-15(9-7-13)21(22,23)24/h2-9H,10-12H2,1H3,(H,25,28)/t20-/m0/s1. The minimum atomic E-state index is -4.36. The van der Waals surface area contributed by atoms with Crippen molar-refractivity contribution < 1.29 is 22.4 Å². The first-order valence-corrected chi connectivity index (χ1v) is 9.14. The molecule has 1 aromatic heterocycles. The molecule has 1 aliphatic heterocycles. The molecule has 0 saturated carbocycles. The van der Waals surface area contributed by atoms with Crippen LogP contribution in [0.3, 0.4) is 0 Å². The van der Waals surface area contributed by atoms with Gasteiger partial charge in [-0.1, -0.05) is 30.3 Å². The topological polar surface area (TPSA) is 68.0 Å². The molecule has 1 fully saturated rings. The van der Waals surface area contributed by atoms with Crippen LogP contribution in [-0.2, 0) is 22.8 Å². The maximum absolute atomic E-state index is 12.8. The normalized spacial score (nSPS) is 19.4. The maximum Gasteiger partial charge on any atom is 0.416 e. The number of nitrogens with one attached hydrogen (secondary N) is 1. The SMILES string of the molecule is C[C@]1(c2nnc(-c3ccccc3Cc3ccc(C(F)(F)F)cc3)o2)CCNC1=O. The first-order chi connectivity index (χ1) is 13.8. The molecule has 1 N–H and O–H groups in total. The second-order valence-corrected chi connectivity index (χ2v) is 7.28. The van der Waals surface area contributed by atoms with Crippen LogP contribution in [0.1, 0.15) is 35.9 Å². The van der Waals surface area contributed by atoms with Crippen molar-refractivity contribution in [3.63, 3.8) is 0 Å². The smallest absolute Gasteiger partial charge is 0.416 e. The highest BCUT2D eigenvalue weighted by atomic mass is 19.4. The third-order valence-electron chi connectivity index (χ3n) is 5.23. The van der Waals surface area contributed by atoms with E-state index in [0.717, 1.165) is 23.3 Å². The largest absolute Gasteiger partial charge is 0.420 e. The van der Waals surface area contributed by atoms with Crippen molar-refractivity contribution in [2.24, 2.45) is 0 Å². The number of rotatable bonds is 4. The van der Waals surface area contributed by atoms with Crippen LogP contribution in [-0.4, -0.2) is 22.6 Å². The Morgan fingerprint density at radius 2 is 1.83 bits per heavy atom. The number of benzene rings is 2. The molecule has 0 radical (unpaired) electrons. The van der Waals surface area contributed by atoms with Gasteiger partial charge >= 0.3 is 6.18 Å². The fourth-order valence-electron chi connectivity index (χ4n) is 3.41. The minimum Gasteiger partial charge on any atom is -0.420 e. The number of alkyl halides is 3. The number of hydrogen-bond acceptors (Lipinski definition) is 4. The molecule has 1 saturated heterocycles. The van der Waals surface area contributed by atoms with Gasteiger partial charge in [-0.2, -0.15) is 13.2 Å². The molecule has 1 aliphatic rings. The molecular weight excluding hydrogens is 383 g/mol. The summed E-state index contributed by atoms with van der Waals surface area (Å²) in [5.41, 5.74) is 0.719. The molecule has 0 spiro atoms. The fourth-order valence-corrected chi connectivity index (χ4v) is 3.41. The van der Waals surface area contributed by atoms with Gasteiger partial charge in [-0.3, -0.25) is 4.79 Å². The summed E-state index contributed by atoms with van der Waals surface area (Å²) in [6.07, 6.45) is -3.39. The molecule has 5 nitrogen and oxygen atoms in total. The summed E-state index contributed by atoms with van der Waals surface area (Å²) in [5.74, 6) is 0.390. The minimum absolute atomic E-state index is 0.147. The Morgan fingerprint density at radius 1 is 1.10 bits per heavy atom. The summed E-state index contributed by atoms with van der Waals surface area (Å²) >= 11 is 0. The zero-order chi connectivity index (χ0) is 20.6. The molecule has 8 heteroatoms. The lowest BCUT2D eigenvalue weighted by Crippen LogP contribution is -2.32. The van der Waals surface area contributed by atoms with Gasteiger partial charge in [0.05, 0.1) is 5.56 Å². The Labute approximate surface area is 165 Å². The molecule has 3 aromatic rings. The predicted octanol–water partition coefficient (Wildman–Crippen LogP) is 4.12. The van der Waals surface area contributed by atoms with Crippen molar-refractivity contribution in [2.45, 2.75) is 31.4 Å². The zero-order valence-corrected chi connectivity index (χ0v) is 15.6. The average Bonchev–Trinajstić information content (AvgIpc) is 3.30. The highest BCUT2D eigenvalue weighted by Crippen LogP contribution is 2.34. The quantitative estimate of drug-likeness (QED) is 0.714. The van der Waals surface area contributed by atoms with Crippen LogP contribution in [0.2, 0.25) is 0 Å². The van der Waals surface area contributed by atoms with Crippen molar-refractivity contribution >= 4 is 5.91 Å². The Balaban J connectivity index is 1.62. The summed E-state index contributed by atoms with van der Waals surface area (Å²) in [5, 5.41) is 11.0. The number of nitrogens with zero attached hydrogens (tertiary/aromatic N) is 2. The molecule has 4 rings (SSSR count). The second-order valence-electron chi connectivity index (χ2n) is 7.28. The number of amides is 1. The molecule has 0 unspecified atom stereocenters. The van der Waals surface area contributed by atoms with Gasteiger partial charge in [-0.25, -0.2) is 0 Å². The summed E-state index contributed by atoms with van der Waals surface area (Å²) in [6.45, 7) is 2.32. The fraction of sp³-hybridized carbons (Fsp3) is 0.286. The van der Waals surface area contributed by atoms with Crippen molar-refractivity contribution in [2.75, 3.05) is 6.54 Å². The van der Waals surface area contributed by atoms with Gasteiger partial charge in [0, 0.05) is 12.1 Å². The Hall–Kier alpha value is -3.16. The summed E-state index contributed by atoms with van der Waals surface area (Å²) < 4.78 is 44.1. The molecule has 1 amide bonds. The first kappa shape index (κ1) is 19.2. The molecule has 1 atom stereocenters. The van der Waals surface area contributed by atoms with E-state index in [1.54, 1.807) is 6.92 Å². The summed E-state index contributed by atoms with van der Waals surface area (Å²) in [4.78, 5) is 12.1. The van der Waals surface area contributed by atoms with E-state index in [0.29, 0.717) is 24.9 Å². The van der Waals surface area contributed by atoms with Gasteiger partial charge in [0.2, 0.25) is 17.7 Å². The van der Waals surface area contributed by atoms with Gasteiger partial charge in [0.25, 0.3) is 0 Å². The number of halogens is 3. The van der Waals surface area contributed by atoms with E-state index in [1.807, 2.05) is 24.3 Å². The van der Waals surface area contributed by atoms with Crippen LogP contribution in [0, 0.1) is 0 Å². The second kappa shape index (κ2) is 7.02. The van der Waals surface area contributed by atoms with Crippen LogP contribution >= 0.6 is 0 Å². The Kier molecular flexibility index (Phi) is 4.64. The van der Waals surface area contributed by atoms with Crippen molar-refractivity contribution in [1.29, 1.82) is 0 Å². The van der Waals surface area contributed by atoms with Gasteiger partial charge in [-0.15, -0.1) is 10.2 Å². The lowest BCUT2D eigenvalue weighted by Gasteiger charge is -2.14. The van der Waals surface area contributed by atoms with Gasteiger partial charge in [0.15, 0.2) is 0 Å². The zero-order valence-electron chi connectivity index (χ0n) is 15.6. The van der Waals surface area contributed by atoms with E-state index in [9.17, 15) is 18.0 Å². The molecule has 0 aliphatic carbocycles. The lowest BCUT2D eigenvalue weighted by atomic mass is 9.89. The number of hydrogen-bond donors (Lipinski definition) is 1. The molecule has 0 bridgehead atoms. The molecule has 29 heavy (non-hydrogen) atoms. The van der Waals surface area contributed by atoms with E-state index >= 15 is 0 Å². The van der Waals surface area contributed by atoms with E-state index in [1.165, 1.54) is 12.1 Å². The summed E-state index contributed by atoms with van der Waals surface area (Å²) in [7, 11) is 0. The van der Waals surface area contributed by atoms with Crippen molar-refractivity contribution in [3.05, 3.63) is 71.1 Å².